The Morgan fingerprint density at radius 3 is 2.39 bits per heavy atom. The van der Waals surface area contributed by atoms with Crippen LogP contribution in [-0.2, 0) is 10.5 Å². The van der Waals surface area contributed by atoms with E-state index in [1.807, 2.05) is 6.07 Å². The van der Waals surface area contributed by atoms with Gasteiger partial charge < -0.3 is 15.1 Å². The highest BCUT2D eigenvalue weighted by atomic mass is 35.5. The number of thioether (sulfide) groups is 1. The summed E-state index contributed by atoms with van der Waals surface area (Å²) in [6.07, 6.45) is 2.99. The summed E-state index contributed by atoms with van der Waals surface area (Å²) in [6, 6.07) is 17.5. The van der Waals surface area contributed by atoms with Crippen molar-refractivity contribution < 1.29 is 14.0 Å². The molecule has 0 aliphatic heterocycles. The molecule has 0 aliphatic rings. The van der Waals surface area contributed by atoms with Crippen molar-refractivity contribution in [1.29, 1.82) is 0 Å². The molecule has 3 rings (SSSR count). The van der Waals surface area contributed by atoms with Crippen LogP contribution in [0.1, 0.15) is 21.7 Å². The van der Waals surface area contributed by atoms with E-state index < -0.39 is 5.91 Å². The van der Waals surface area contributed by atoms with E-state index in [1.54, 1.807) is 66.4 Å². The number of hydrogen-bond acceptors (Lipinski definition) is 4. The third kappa shape index (κ3) is 6.92. The number of nitrogens with one attached hydrogen (secondary N) is 2. The number of carbonyl (C=O) groups excluding carboxylic acids is 2. The number of furan rings is 1. The first-order chi connectivity index (χ1) is 15.0. The standard InChI is InChI=1S/C23H20Cl2N2O3S/c24-19-9-4-10-20(25)18(19)15-31-13-11-26-23(29)21(14-17-8-5-12-30-17)27-22(28)16-6-2-1-3-7-16/h1-10,12,14H,11,13,15H2,(H,26,29)(H,27,28)/b21-14-. The average molecular weight is 475 g/mol. The van der Waals surface area contributed by atoms with Crippen LogP contribution in [0.15, 0.2) is 77.0 Å². The maximum absolute atomic E-state index is 12.7. The number of benzene rings is 2. The Kier molecular flexibility index (Phi) is 8.64. The fraction of sp³-hybridized carbons (Fsp3) is 0.130. The lowest BCUT2D eigenvalue weighted by molar-refractivity contribution is -0.117. The van der Waals surface area contributed by atoms with Crippen molar-refractivity contribution in [3.63, 3.8) is 0 Å². The Balaban J connectivity index is 1.56. The second-order valence-corrected chi connectivity index (χ2v) is 8.32. The third-order valence-electron chi connectivity index (χ3n) is 4.20. The van der Waals surface area contributed by atoms with Gasteiger partial charge in [-0.3, -0.25) is 9.59 Å². The van der Waals surface area contributed by atoms with Gasteiger partial charge in [0.05, 0.1) is 6.26 Å². The summed E-state index contributed by atoms with van der Waals surface area (Å²) in [4.78, 5) is 25.2. The molecule has 3 aromatic rings. The summed E-state index contributed by atoms with van der Waals surface area (Å²) < 4.78 is 5.28. The molecule has 2 amide bonds. The van der Waals surface area contributed by atoms with Crippen molar-refractivity contribution in [3.8, 4) is 0 Å². The maximum Gasteiger partial charge on any atom is 0.267 e. The second-order valence-electron chi connectivity index (χ2n) is 6.40. The minimum atomic E-state index is -0.406. The largest absolute Gasteiger partial charge is 0.465 e. The Labute approximate surface area is 194 Å². The van der Waals surface area contributed by atoms with E-state index in [4.69, 9.17) is 27.6 Å². The van der Waals surface area contributed by atoms with Crippen LogP contribution in [0.25, 0.3) is 6.08 Å². The van der Waals surface area contributed by atoms with Gasteiger partial charge in [0.25, 0.3) is 11.8 Å². The zero-order valence-corrected chi connectivity index (χ0v) is 18.8. The molecule has 5 nitrogen and oxygen atoms in total. The molecule has 1 heterocycles. The second kappa shape index (κ2) is 11.6. The number of halogens is 2. The van der Waals surface area contributed by atoms with Crippen molar-refractivity contribution in [2.24, 2.45) is 0 Å². The molecule has 0 saturated heterocycles. The van der Waals surface area contributed by atoms with Crippen LogP contribution in [0, 0.1) is 0 Å². The molecule has 31 heavy (non-hydrogen) atoms. The van der Waals surface area contributed by atoms with Gasteiger partial charge in [-0.15, -0.1) is 0 Å². The van der Waals surface area contributed by atoms with Gasteiger partial charge in [0.2, 0.25) is 0 Å². The molecule has 0 saturated carbocycles. The molecule has 2 aromatic carbocycles. The molecule has 0 unspecified atom stereocenters. The summed E-state index contributed by atoms with van der Waals surface area (Å²) >= 11 is 13.9. The van der Waals surface area contributed by atoms with Gasteiger partial charge in [-0.1, -0.05) is 47.5 Å². The van der Waals surface area contributed by atoms with E-state index >= 15 is 0 Å². The predicted molar refractivity (Wildman–Crippen MR) is 126 cm³/mol. The monoisotopic (exact) mass is 474 g/mol. The smallest absolute Gasteiger partial charge is 0.267 e. The van der Waals surface area contributed by atoms with Crippen LogP contribution in [-0.4, -0.2) is 24.1 Å². The lowest BCUT2D eigenvalue weighted by Crippen LogP contribution is -2.35. The molecule has 8 heteroatoms. The van der Waals surface area contributed by atoms with E-state index in [0.717, 1.165) is 5.56 Å². The van der Waals surface area contributed by atoms with Crippen molar-refractivity contribution in [3.05, 3.63) is 99.6 Å². The van der Waals surface area contributed by atoms with Crippen molar-refractivity contribution in [2.75, 3.05) is 12.3 Å². The van der Waals surface area contributed by atoms with Gasteiger partial charge >= 0.3 is 0 Å². The lowest BCUT2D eigenvalue weighted by Gasteiger charge is -2.11. The molecular formula is C23H20Cl2N2O3S. The highest BCUT2D eigenvalue weighted by Crippen LogP contribution is 2.27. The minimum absolute atomic E-state index is 0.1000. The summed E-state index contributed by atoms with van der Waals surface area (Å²) in [5.74, 6) is 0.955. The zero-order valence-electron chi connectivity index (χ0n) is 16.4. The lowest BCUT2D eigenvalue weighted by atomic mass is 10.2. The van der Waals surface area contributed by atoms with Crippen LogP contribution in [0.2, 0.25) is 10.0 Å². The number of amides is 2. The molecule has 2 N–H and O–H groups in total. The quantitative estimate of drug-likeness (QED) is 0.321. The van der Waals surface area contributed by atoms with Crippen LogP contribution < -0.4 is 10.6 Å². The van der Waals surface area contributed by atoms with Gasteiger partial charge in [0, 0.05) is 39.7 Å². The van der Waals surface area contributed by atoms with E-state index in [0.29, 0.717) is 39.4 Å². The molecule has 0 bridgehead atoms. The van der Waals surface area contributed by atoms with E-state index in [9.17, 15) is 9.59 Å². The van der Waals surface area contributed by atoms with Crippen molar-refractivity contribution in [1.82, 2.24) is 10.6 Å². The maximum atomic E-state index is 12.7. The van der Waals surface area contributed by atoms with E-state index in [2.05, 4.69) is 10.6 Å². The molecule has 160 valence electrons. The molecular weight excluding hydrogens is 455 g/mol. The Morgan fingerprint density at radius 1 is 0.968 bits per heavy atom. The van der Waals surface area contributed by atoms with Crippen molar-refractivity contribution in [2.45, 2.75) is 5.75 Å². The number of carbonyl (C=O) groups is 2. The van der Waals surface area contributed by atoms with E-state index in [-0.39, 0.29) is 11.6 Å². The fourth-order valence-corrected chi connectivity index (χ4v) is 4.23. The molecule has 0 radical (unpaired) electrons. The molecule has 1 aromatic heterocycles. The van der Waals surface area contributed by atoms with Gasteiger partial charge in [-0.25, -0.2) is 0 Å². The predicted octanol–water partition coefficient (Wildman–Crippen LogP) is 5.41. The normalized spacial score (nSPS) is 11.2. The van der Waals surface area contributed by atoms with Crippen LogP contribution in [0.3, 0.4) is 0 Å². The summed E-state index contributed by atoms with van der Waals surface area (Å²) in [5, 5.41) is 6.72. The van der Waals surface area contributed by atoms with Crippen LogP contribution in [0.4, 0.5) is 0 Å². The van der Waals surface area contributed by atoms with Gasteiger partial charge in [-0.05, 0) is 42.0 Å². The first-order valence-corrected chi connectivity index (χ1v) is 11.4. The van der Waals surface area contributed by atoms with Crippen LogP contribution >= 0.6 is 35.0 Å². The fourth-order valence-electron chi connectivity index (χ4n) is 2.63. The first kappa shape index (κ1) is 23.0. The van der Waals surface area contributed by atoms with Crippen LogP contribution in [0.5, 0.6) is 0 Å². The molecule has 0 atom stereocenters. The number of hydrogen-bond donors (Lipinski definition) is 2. The van der Waals surface area contributed by atoms with Gasteiger partial charge in [0.1, 0.15) is 11.5 Å². The van der Waals surface area contributed by atoms with Gasteiger partial charge in [0.15, 0.2) is 0 Å². The summed E-state index contributed by atoms with van der Waals surface area (Å²) in [7, 11) is 0. The Hall–Kier alpha value is -2.67. The molecule has 0 aliphatic carbocycles. The SMILES string of the molecule is O=C(NCCSCc1c(Cl)cccc1Cl)/C(=C/c1ccco1)NC(=O)c1ccccc1. The van der Waals surface area contributed by atoms with Crippen molar-refractivity contribution >= 4 is 52.9 Å². The average Bonchev–Trinajstić information content (AvgIpc) is 3.28. The highest BCUT2D eigenvalue weighted by Gasteiger charge is 2.15. The Bertz CT molecular complexity index is 1030. The first-order valence-electron chi connectivity index (χ1n) is 9.45. The number of rotatable bonds is 9. The molecule has 0 spiro atoms. The topological polar surface area (TPSA) is 71.3 Å². The third-order valence-corrected chi connectivity index (χ3v) is 5.89. The summed E-state index contributed by atoms with van der Waals surface area (Å²) in [6.45, 7) is 0.405. The molecule has 0 fully saturated rings. The van der Waals surface area contributed by atoms with E-state index in [1.165, 1.54) is 12.3 Å². The minimum Gasteiger partial charge on any atom is -0.465 e. The highest BCUT2D eigenvalue weighted by molar-refractivity contribution is 7.98. The summed E-state index contributed by atoms with van der Waals surface area (Å²) in [5.41, 5.74) is 1.42. The Morgan fingerprint density at radius 2 is 1.71 bits per heavy atom. The zero-order chi connectivity index (χ0) is 22.1. The van der Waals surface area contributed by atoms with Gasteiger partial charge in [-0.2, -0.15) is 11.8 Å².